The van der Waals surface area contributed by atoms with Crippen LogP contribution in [0, 0.1) is 0 Å². The SMILES string of the molecule is C=C/C=C/[C@@H](O)CCC1=CC(=O)OC1. The molecule has 1 aliphatic heterocycles. The van der Waals surface area contributed by atoms with E-state index in [9.17, 15) is 9.90 Å². The lowest BCUT2D eigenvalue weighted by molar-refractivity contribution is -0.134. The molecule has 0 aromatic rings. The molecule has 0 bridgehead atoms. The first-order valence-corrected chi connectivity index (χ1v) is 4.56. The Balaban J connectivity index is 2.26. The van der Waals surface area contributed by atoms with Crippen molar-refractivity contribution in [3.05, 3.63) is 36.5 Å². The summed E-state index contributed by atoms with van der Waals surface area (Å²) < 4.78 is 4.73. The van der Waals surface area contributed by atoms with E-state index < -0.39 is 6.10 Å². The van der Waals surface area contributed by atoms with Crippen molar-refractivity contribution >= 4 is 5.97 Å². The standard InChI is InChI=1S/C11H14O3/c1-2-3-4-10(12)6-5-9-7-11(13)14-8-9/h2-4,7,10,12H,1,5-6,8H2/b4-3+/t10-/m1/s1. The molecule has 0 saturated carbocycles. The van der Waals surface area contributed by atoms with E-state index in [0.717, 1.165) is 5.57 Å². The molecule has 1 atom stereocenters. The number of cyclic esters (lactones) is 1. The second-order valence-corrected chi connectivity index (χ2v) is 3.14. The average molecular weight is 194 g/mol. The third-order valence-electron chi connectivity index (χ3n) is 1.95. The smallest absolute Gasteiger partial charge is 0.331 e. The molecular formula is C11H14O3. The van der Waals surface area contributed by atoms with E-state index >= 15 is 0 Å². The fourth-order valence-electron chi connectivity index (χ4n) is 1.19. The van der Waals surface area contributed by atoms with Gasteiger partial charge in [-0.15, -0.1) is 0 Å². The summed E-state index contributed by atoms with van der Waals surface area (Å²) in [7, 11) is 0. The third kappa shape index (κ3) is 3.58. The van der Waals surface area contributed by atoms with Gasteiger partial charge in [-0.05, 0) is 18.4 Å². The molecule has 0 fully saturated rings. The van der Waals surface area contributed by atoms with Crippen LogP contribution in [0.2, 0.25) is 0 Å². The van der Waals surface area contributed by atoms with Crippen molar-refractivity contribution in [1.82, 2.24) is 0 Å². The quantitative estimate of drug-likeness (QED) is 0.531. The number of esters is 1. The Kier molecular flexibility index (Phi) is 4.13. The summed E-state index contributed by atoms with van der Waals surface area (Å²) in [5, 5.41) is 9.42. The molecule has 0 amide bonds. The maximum absolute atomic E-state index is 10.7. The van der Waals surface area contributed by atoms with E-state index in [4.69, 9.17) is 4.74 Å². The van der Waals surface area contributed by atoms with Gasteiger partial charge in [-0.1, -0.05) is 24.8 Å². The van der Waals surface area contributed by atoms with Gasteiger partial charge in [-0.3, -0.25) is 0 Å². The van der Waals surface area contributed by atoms with E-state index in [2.05, 4.69) is 6.58 Å². The minimum Gasteiger partial charge on any atom is -0.458 e. The van der Waals surface area contributed by atoms with Crippen LogP contribution in [0.4, 0.5) is 0 Å². The molecule has 76 valence electrons. The minimum absolute atomic E-state index is 0.281. The topological polar surface area (TPSA) is 46.5 Å². The maximum atomic E-state index is 10.7. The minimum atomic E-state index is -0.482. The molecule has 1 aliphatic rings. The third-order valence-corrected chi connectivity index (χ3v) is 1.95. The van der Waals surface area contributed by atoms with Gasteiger partial charge in [0.1, 0.15) is 6.61 Å². The van der Waals surface area contributed by atoms with Crippen LogP contribution in [0.1, 0.15) is 12.8 Å². The Morgan fingerprint density at radius 2 is 2.50 bits per heavy atom. The van der Waals surface area contributed by atoms with E-state index in [1.807, 2.05) is 0 Å². The second kappa shape index (κ2) is 5.40. The molecule has 3 nitrogen and oxygen atoms in total. The second-order valence-electron chi connectivity index (χ2n) is 3.14. The fourth-order valence-corrected chi connectivity index (χ4v) is 1.19. The summed E-state index contributed by atoms with van der Waals surface area (Å²) in [5.41, 5.74) is 0.945. The summed E-state index contributed by atoms with van der Waals surface area (Å²) >= 11 is 0. The summed E-state index contributed by atoms with van der Waals surface area (Å²) in [6, 6.07) is 0. The van der Waals surface area contributed by atoms with Gasteiger partial charge in [0, 0.05) is 6.08 Å². The number of aliphatic hydroxyl groups is 1. The van der Waals surface area contributed by atoms with E-state index in [0.29, 0.717) is 19.4 Å². The molecule has 0 unspecified atom stereocenters. The van der Waals surface area contributed by atoms with Crippen LogP contribution in [-0.4, -0.2) is 23.8 Å². The highest BCUT2D eigenvalue weighted by molar-refractivity contribution is 5.85. The van der Waals surface area contributed by atoms with Gasteiger partial charge in [0.15, 0.2) is 0 Å². The number of aliphatic hydroxyl groups excluding tert-OH is 1. The molecule has 1 rings (SSSR count). The summed E-state index contributed by atoms with van der Waals surface area (Å²) in [6.45, 7) is 3.88. The fraction of sp³-hybridized carbons (Fsp3) is 0.364. The molecule has 0 saturated heterocycles. The molecule has 0 radical (unpaired) electrons. The predicted octanol–water partition coefficient (Wildman–Crippen LogP) is 1.35. The normalized spacial score (nSPS) is 18.1. The number of carbonyl (C=O) groups excluding carboxylic acids is 1. The highest BCUT2D eigenvalue weighted by Gasteiger charge is 2.13. The molecule has 14 heavy (non-hydrogen) atoms. The first-order valence-electron chi connectivity index (χ1n) is 4.56. The zero-order chi connectivity index (χ0) is 10.4. The monoisotopic (exact) mass is 194 g/mol. The predicted molar refractivity (Wildman–Crippen MR) is 53.6 cm³/mol. The van der Waals surface area contributed by atoms with Crippen molar-refractivity contribution in [3.63, 3.8) is 0 Å². The Labute approximate surface area is 83.4 Å². The maximum Gasteiger partial charge on any atom is 0.331 e. The molecule has 1 N–H and O–H groups in total. The average Bonchev–Trinajstić information content (AvgIpc) is 2.58. The molecular weight excluding hydrogens is 180 g/mol. The van der Waals surface area contributed by atoms with Crippen LogP contribution in [-0.2, 0) is 9.53 Å². The van der Waals surface area contributed by atoms with Crippen LogP contribution in [0.25, 0.3) is 0 Å². The summed E-state index contributed by atoms with van der Waals surface area (Å²) in [5.74, 6) is -0.281. The molecule has 0 spiro atoms. The zero-order valence-electron chi connectivity index (χ0n) is 7.98. The van der Waals surface area contributed by atoms with Gasteiger partial charge < -0.3 is 9.84 Å². The molecule has 0 aromatic heterocycles. The Morgan fingerprint density at radius 1 is 1.71 bits per heavy atom. The van der Waals surface area contributed by atoms with Gasteiger partial charge in [-0.2, -0.15) is 0 Å². The molecule has 1 heterocycles. The van der Waals surface area contributed by atoms with Crippen molar-refractivity contribution < 1.29 is 14.6 Å². The Morgan fingerprint density at radius 3 is 3.07 bits per heavy atom. The van der Waals surface area contributed by atoms with E-state index in [1.165, 1.54) is 6.08 Å². The number of rotatable bonds is 5. The van der Waals surface area contributed by atoms with Crippen LogP contribution in [0.3, 0.4) is 0 Å². The Hall–Kier alpha value is -1.35. The van der Waals surface area contributed by atoms with Gasteiger partial charge in [0.25, 0.3) is 0 Å². The van der Waals surface area contributed by atoms with Crippen LogP contribution in [0.15, 0.2) is 36.5 Å². The molecule has 0 aliphatic carbocycles. The number of ether oxygens (including phenoxy) is 1. The largest absolute Gasteiger partial charge is 0.458 e. The van der Waals surface area contributed by atoms with Crippen molar-refractivity contribution in [2.75, 3.05) is 6.61 Å². The van der Waals surface area contributed by atoms with Crippen LogP contribution in [0.5, 0.6) is 0 Å². The number of hydrogen-bond acceptors (Lipinski definition) is 3. The highest BCUT2D eigenvalue weighted by atomic mass is 16.5. The first-order chi connectivity index (χ1) is 6.72. The molecule has 0 aromatic carbocycles. The van der Waals surface area contributed by atoms with Gasteiger partial charge in [-0.25, -0.2) is 4.79 Å². The lowest BCUT2D eigenvalue weighted by Gasteiger charge is -2.04. The van der Waals surface area contributed by atoms with E-state index in [1.54, 1.807) is 18.2 Å². The van der Waals surface area contributed by atoms with Gasteiger partial charge in [0.05, 0.1) is 6.10 Å². The highest BCUT2D eigenvalue weighted by Crippen LogP contribution is 2.13. The van der Waals surface area contributed by atoms with E-state index in [-0.39, 0.29) is 5.97 Å². The van der Waals surface area contributed by atoms with Crippen molar-refractivity contribution in [1.29, 1.82) is 0 Å². The van der Waals surface area contributed by atoms with Gasteiger partial charge >= 0.3 is 5.97 Å². The Bertz CT molecular complexity index is 276. The zero-order valence-corrected chi connectivity index (χ0v) is 7.98. The lowest BCUT2D eigenvalue weighted by atomic mass is 10.1. The first kappa shape index (κ1) is 10.7. The number of carbonyl (C=O) groups is 1. The van der Waals surface area contributed by atoms with Crippen molar-refractivity contribution in [2.24, 2.45) is 0 Å². The summed E-state index contributed by atoms with van der Waals surface area (Å²) in [6.07, 6.45) is 7.29. The summed E-state index contributed by atoms with van der Waals surface area (Å²) in [4.78, 5) is 10.7. The van der Waals surface area contributed by atoms with Crippen molar-refractivity contribution in [2.45, 2.75) is 18.9 Å². The van der Waals surface area contributed by atoms with Crippen LogP contribution >= 0.6 is 0 Å². The number of allylic oxidation sites excluding steroid dienone is 2. The number of hydrogen-bond donors (Lipinski definition) is 1. The molecule has 3 heteroatoms. The van der Waals surface area contributed by atoms with Crippen LogP contribution < -0.4 is 0 Å². The lowest BCUT2D eigenvalue weighted by Crippen LogP contribution is -2.02. The van der Waals surface area contributed by atoms with Gasteiger partial charge in [0.2, 0.25) is 0 Å². The van der Waals surface area contributed by atoms with Crippen molar-refractivity contribution in [3.8, 4) is 0 Å².